The number of rotatable bonds is 8. The maximum atomic E-state index is 10.8. The van der Waals surface area contributed by atoms with E-state index in [9.17, 15) is 4.79 Å². The van der Waals surface area contributed by atoms with Crippen molar-refractivity contribution in [3.8, 4) is 6.19 Å². The Morgan fingerprint density at radius 3 is 2.68 bits per heavy atom. The van der Waals surface area contributed by atoms with Crippen molar-refractivity contribution >= 4 is 23.2 Å². The van der Waals surface area contributed by atoms with Crippen LogP contribution in [0, 0.1) is 16.9 Å². The number of carboxylic acid groups (broad SMARTS) is 1. The van der Waals surface area contributed by atoms with Crippen LogP contribution in [0.5, 0.6) is 0 Å². The number of aliphatic carboxylic acids is 1. The fourth-order valence-electron chi connectivity index (χ4n) is 2.84. The zero-order chi connectivity index (χ0) is 22.7. The molecule has 0 aliphatic rings. The molecule has 0 spiro atoms. The summed E-state index contributed by atoms with van der Waals surface area (Å²) in [5.41, 5.74) is 3.70. The number of allylic oxidation sites excluding steroid dienone is 1. The second-order valence-electron chi connectivity index (χ2n) is 8.33. The number of benzene rings is 1. The summed E-state index contributed by atoms with van der Waals surface area (Å²) in [7, 11) is 0. The molecule has 2 rings (SSSR count). The molecule has 0 atom stereocenters. The molecule has 1 aromatic carbocycles. The highest BCUT2D eigenvalue weighted by Gasteiger charge is 2.12. The Balaban J connectivity index is 2.27. The van der Waals surface area contributed by atoms with Crippen molar-refractivity contribution in [3.05, 3.63) is 66.0 Å². The molecule has 7 nitrogen and oxygen atoms in total. The van der Waals surface area contributed by atoms with Gasteiger partial charge in [0.25, 0.3) is 0 Å². The molecule has 0 unspecified atom stereocenters. The van der Waals surface area contributed by atoms with Crippen molar-refractivity contribution < 1.29 is 9.90 Å². The summed E-state index contributed by atoms with van der Waals surface area (Å²) in [4.78, 5) is 18.9. The topological polar surface area (TPSA) is 110 Å². The first-order chi connectivity index (χ1) is 14.8. The number of nitriles is 1. The van der Waals surface area contributed by atoms with E-state index in [1.54, 1.807) is 12.4 Å². The highest BCUT2D eigenvalue weighted by Crippen LogP contribution is 2.26. The summed E-state index contributed by atoms with van der Waals surface area (Å²) in [6.45, 7) is 6.95. The number of guanidine groups is 1. The molecule has 7 heteroatoms. The minimum atomic E-state index is -0.797. The molecule has 0 aliphatic heterocycles. The first-order valence-electron chi connectivity index (χ1n) is 10.2. The smallest absolute Gasteiger partial charge is 0.303 e. The van der Waals surface area contributed by atoms with Gasteiger partial charge >= 0.3 is 5.97 Å². The Bertz CT molecular complexity index is 969. The summed E-state index contributed by atoms with van der Waals surface area (Å²) >= 11 is 0. The number of nitrogens with zero attached hydrogens (tertiary/aromatic N) is 3. The minimum Gasteiger partial charge on any atom is -0.481 e. The number of carbonyl (C=O) groups is 1. The summed E-state index contributed by atoms with van der Waals surface area (Å²) in [6, 6.07) is 11.6. The molecule has 0 amide bonds. The number of nitrogens with one attached hydrogen (secondary N) is 2. The van der Waals surface area contributed by atoms with Gasteiger partial charge in [-0.15, -0.1) is 4.99 Å². The summed E-state index contributed by atoms with van der Waals surface area (Å²) in [5, 5.41) is 24.3. The molecule has 0 saturated carbocycles. The fourth-order valence-corrected chi connectivity index (χ4v) is 2.84. The van der Waals surface area contributed by atoms with Crippen LogP contribution in [0.4, 0.5) is 5.69 Å². The third-order valence-electron chi connectivity index (χ3n) is 4.30. The third kappa shape index (κ3) is 8.70. The first kappa shape index (κ1) is 23.6. The van der Waals surface area contributed by atoms with Crippen molar-refractivity contribution in [2.24, 2.45) is 10.4 Å². The Hall–Kier alpha value is -3.66. The third-order valence-corrected chi connectivity index (χ3v) is 4.30. The van der Waals surface area contributed by atoms with E-state index in [4.69, 9.17) is 10.4 Å². The van der Waals surface area contributed by atoms with E-state index in [1.807, 2.05) is 48.7 Å². The van der Waals surface area contributed by atoms with E-state index in [-0.39, 0.29) is 11.8 Å². The molecule has 0 radical (unpaired) electrons. The lowest BCUT2D eigenvalue weighted by Crippen LogP contribution is -2.36. The lowest BCUT2D eigenvalue weighted by Gasteiger charge is -2.20. The van der Waals surface area contributed by atoms with Gasteiger partial charge in [0, 0.05) is 36.6 Å². The lowest BCUT2D eigenvalue weighted by atomic mass is 9.97. The van der Waals surface area contributed by atoms with Crippen molar-refractivity contribution in [2.45, 2.75) is 40.0 Å². The van der Waals surface area contributed by atoms with Crippen LogP contribution in [-0.2, 0) is 4.79 Å². The molecule has 0 bridgehead atoms. The van der Waals surface area contributed by atoms with Crippen LogP contribution in [0.3, 0.4) is 0 Å². The zero-order valence-corrected chi connectivity index (χ0v) is 18.2. The first-order valence-corrected chi connectivity index (χ1v) is 10.2. The van der Waals surface area contributed by atoms with Gasteiger partial charge in [-0.3, -0.25) is 9.78 Å². The molecule has 3 N–H and O–H groups in total. The Morgan fingerprint density at radius 2 is 2.03 bits per heavy atom. The van der Waals surface area contributed by atoms with Crippen molar-refractivity contribution in [2.75, 3.05) is 11.9 Å². The van der Waals surface area contributed by atoms with Gasteiger partial charge in [0.15, 0.2) is 0 Å². The number of hydrogen-bond acceptors (Lipinski definition) is 4. The number of carboxylic acids is 1. The zero-order valence-electron chi connectivity index (χ0n) is 18.2. The average molecular weight is 420 g/mol. The van der Waals surface area contributed by atoms with E-state index < -0.39 is 5.97 Å². The largest absolute Gasteiger partial charge is 0.481 e. The molecule has 0 aliphatic carbocycles. The van der Waals surface area contributed by atoms with Crippen LogP contribution in [0.25, 0.3) is 5.57 Å². The molecular formula is C24H29N5O2. The van der Waals surface area contributed by atoms with Crippen LogP contribution >= 0.6 is 0 Å². The van der Waals surface area contributed by atoms with E-state index in [0.717, 1.165) is 22.4 Å². The molecule has 1 aromatic heterocycles. The second-order valence-corrected chi connectivity index (χ2v) is 8.33. The van der Waals surface area contributed by atoms with Crippen LogP contribution in [0.15, 0.2) is 59.9 Å². The van der Waals surface area contributed by atoms with E-state index in [1.165, 1.54) is 0 Å². The monoisotopic (exact) mass is 419 g/mol. The van der Waals surface area contributed by atoms with Gasteiger partial charge in [-0.1, -0.05) is 45.0 Å². The summed E-state index contributed by atoms with van der Waals surface area (Å²) < 4.78 is 0. The Kier molecular flexibility index (Phi) is 8.77. The predicted octanol–water partition coefficient (Wildman–Crippen LogP) is 4.65. The van der Waals surface area contributed by atoms with E-state index >= 15 is 0 Å². The fraction of sp³-hybridized carbons (Fsp3) is 0.333. The number of anilines is 1. The normalized spacial score (nSPS) is 12.2. The molecule has 1 heterocycles. The molecule has 0 fully saturated rings. The van der Waals surface area contributed by atoms with Crippen molar-refractivity contribution in [1.82, 2.24) is 10.3 Å². The summed E-state index contributed by atoms with van der Waals surface area (Å²) in [6.07, 6.45) is 8.71. The van der Waals surface area contributed by atoms with Crippen LogP contribution in [0.1, 0.15) is 51.2 Å². The number of unbranched alkanes of at least 4 members (excludes halogenated alkanes) is 1. The van der Waals surface area contributed by atoms with Crippen LogP contribution < -0.4 is 10.6 Å². The highest BCUT2D eigenvalue weighted by atomic mass is 16.4. The van der Waals surface area contributed by atoms with Crippen LogP contribution in [0.2, 0.25) is 0 Å². The van der Waals surface area contributed by atoms with Gasteiger partial charge in [0.2, 0.25) is 12.2 Å². The quantitative estimate of drug-likeness (QED) is 0.249. The van der Waals surface area contributed by atoms with Gasteiger partial charge in [-0.25, -0.2) is 0 Å². The number of pyridine rings is 1. The highest BCUT2D eigenvalue weighted by molar-refractivity contribution is 5.95. The molecule has 31 heavy (non-hydrogen) atoms. The Morgan fingerprint density at radius 1 is 1.26 bits per heavy atom. The maximum absolute atomic E-state index is 10.8. The average Bonchev–Trinajstić information content (AvgIpc) is 2.72. The van der Waals surface area contributed by atoms with Gasteiger partial charge in [-0.2, -0.15) is 5.26 Å². The van der Waals surface area contributed by atoms with Gasteiger partial charge in [-0.05, 0) is 47.6 Å². The van der Waals surface area contributed by atoms with E-state index in [2.05, 4.69) is 41.4 Å². The van der Waals surface area contributed by atoms with Crippen molar-refractivity contribution in [3.63, 3.8) is 0 Å². The Labute approximate surface area is 183 Å². The minimum absolute atomic E-state index is 0.0337. The standard InChI is InChI=1S/C24H29N5O2/c1-24(2,3)16-27-23(28-17-25)29-20-10-6-8-18(14-20)21(11-4-5-12-22(30)31)19-9-7-13-26-15-19/h6-11,13-15H,4-5,12,16H2,1-3H3,(H,30,31)(H2,27,28,29). The maximum Gasteiger partial charge on any atom is 0.303 e. The number of aromatic nitrogens is 1. The predicted molar refractivity (Wildman–Crippen MR) is 123 cm³/mol. The second kappa shape index (κ2) is 11.5. The van der Waals surface area contributed by atoms with Gasteiger partial charge < -0.3 is 15.7 Å². The molecule has 0 saturated heterocycles. The van der Waals surface area contributed by atoms with Gasteiger partial charge in [0.05, 0.1) is 0 Å². The van der Waals surface area contributed by atoms with Crippen LogP contribution in [-0.4, -0.2) is 28.6 Å². The number of hydrogen-bond donors (Lipinski definition) is 3. The summed E-state index contributed by atoms with van der Waals surface area (Å²) in [5.74, 6) is -0.405. The van der Waals surface area contributed by atoms with Gasteiger partial charge in [0.1, 0.15) is 0 Å². The lowest BCUT2D eigenvalue weighted by molar-refractivity contribution is -0.137. The van der Waals surface area contributed by atoms with E-state index in [0.29, 0.717) is 25.3 Å². The molecule has 162 valence electrons. The van der Waals surface area contributed by atoms with Crippen molar-refractivity contribution in [1.29, 1.82) is 5.26 Å². The molecular weight excluding hydrogens is 390 g/mol. The molecule has 2 aromatic rings. The number of aliphatic imine (C=N–C) groups is 1. The SMILES string of the molecule is CC(C)(C)CNC(=NC#N)Nc1cccc(C(=CCCCC(=O)O)c2cccnc2)c1.